The van der Waals surface area contributed by atoms with Crippen molar-refractivity contribution in [3.8, 4) is 0 Å². The Balaban J connectivity index is 4.03. The predicted molar refractivity (Wildman–Crippen MR) is 353 cm³/mol. The quantitative estimate of drug-likeness (QED) is 0.0261. The maximum Gasteiger partial charge on any atom is 0.306 e. The highest BCUT2D eigenvalue weighted by atomic mass is 16.6. The van der Waals surface area contributed by atoms with Crippen molar-refractivity contribution >= 4 is 17.9 Å². The summed E-state index contributed by atoms with van der Waals surface area (Å²) in [5.41, 5.74) is 0. The van der Waals surface area contributed by atoms with Gasteiger partial charge in [-0.15, -0.1) is 0 Å². The van der Waals surface area contributed by atoms with Crippen molar-refractivity contribution in [2.45, 2.75) is 322 Å². The van der Waals surface area contributed by atoms with Crippen LogP contribution in [0, 0.1) is 0 Å². The van der Waals surface area contributed by atoms with Gasteiger partial charge in [-0.05, 0) is 116 Å². The van der Waals surface area contributed by atoms with Crippen LogP contribution in [0.5, 0.6) is 0 Å². The SMILES string of the molecule is CC/C=C\C/C=C\C/C=C\C/C=C\C/C=C\C/C=C\C/C=C\C/C=C\CCCCCCCCCCCCC(=O)OCC(COC(=O)CCCCCCC)OC(=O)CCCCCCCCCCCCC/C=C\C/C=C\CCCCCCC. The Hall–Kier alpha value is -4.19. The summed E-state index contributed by atoms with van der Waals surface area (Å²) >= 11 is 0. The minimum absolute atomic E-state index is 0.0801. The Bertz CT molecular complexity index is 1670. The molecule has 0 aliphatic carbocycles. The Kier molecular flexibility index (Phi) is 64.8. The molecule has 0 aromatic heterocycles. The number of ether oxygens (including phenoxy) is 3. The van der Waals surface area contributed by atoms with Gasteiger partial charge in [0.25, 0.3) is 0 Å². The van der Waals surface area contributed by atoms with Crippen LogP contribution in [-0.4, -0.2) is 37.2 Å². The Morgan fingerprint density at radius 3 is 0.753 bits per heavy atom. The first kappa shape index (κ1) is 76.8. The third kappa shape index (κ3) is 66.5. The summed E-state index contributed by atoms with van der Waals surface area (Å²) in [4.78, 5) is 38.0. The lowest BCUT2D eigenvalue weighted by molar-refractivity contribution is -0.167. The molecule has 0 saturated heterocycles. The largest absolute Gasteiger partial charge is 0.462 e. The van der Waals surface area contributed by atoms with Crippen molar-refractivity contribution in [1.82, 2.24) is 0 Å². The van der Waals surface area contributed by atoms with E-state index in [1.807, 2.05) is 0 Å². The van der Waals surface area contributed by atoms with E-state index in [1.165, 1.54) is 154 Å². The summed E-state index contributed by atoms with van der Waals surface area (Å²) in [6, 6.07) is 0. The van der Waals surface area contributed by atoms with E-state index in [0.29, 0.717) is 19.3 Å². The number of rotatable bonds is 61. The van der Waals surface area contributed by atoms with Gasteiger partial charge in [0, 0.05) is 19.3 Å². The van der Waals surface area contributed by atoms with Gasteiger partial charge in [-0.1, -0.05) is 303 Å². The monoisotopic (exact) mass is 1120 g/mol. The van der Waals surface area contributed by atoms with Crippen molar-refractivity contribution in [1.29, 1.82) is 0 Å². The van der Waals surface area contributed by atoms with Gasteiger partial charge in [-0.3, -0.25) is 14.4 Å². The summed E-state index contributed by atoms with van der Waals surface area (Å²) < 4.78 is 16.8. The number of carbonyl (C=O) groups is 3. The predicted octanol–water partition coefficient (Wildman–Crippen LogP) is 23.6. The fourth-order valence-corrected chi connectivity index (χ4v) is 9.37. The molecule has 0 bridgehead atoms. The fourth-order valence-electron chi connectivity index (χ4n) is 9.37. The Morgan fingerprint density at radius 1 is 0.259 bits per heavy atom. The average molecular weight is 1120 g/mol. The second kappa shape index (κ2) is 68.3. The van der Waals surface area contributed by atoms with Gasteiger partial charge in [0.15, 0.2) is 6.10 Å². The molecule has 6 nitrogen and oxygen atoms in total. The highest BCUT2D eigenvalue weighted by molar-refractivity contribution is 5.71. The first-order valence-corrected chi connectivity index (χ1v) is 34.0. The van der Waals surface area contributed by atoms with Crippen LogP contribution in [0.25, 0.3) is 0 Å². The Labute approximate surface area is 501 Å². The maximum atomic E-state index is 12.8. The number of esters is 3. The second-order valence-electron chi connectivity index (χ2n) is 22.4. The van der Waals surface area contributed by atoms with Gasteiger partial charge in [0.2, 0.25) is 0 Å². The van der Waals surface area contributed by atoms with Crippen molar-refractivity contribution < 1.29 is 28.6 Å². The number of hydrogen-bond acceptors (Lipinski definition) is 6. The molecule has 0 aliphatic heterocycles. The highest BCUT2D eigenvalue weighted by Gasteiger charge is 2.19. The van der Waals surface area contributed by atoms with E-state index in [9.17, 15) is 14.4 Å². The molecular formula is C75H126O6. The zero-order chi connectivity index (χ0) is 58.5. The molecule has 0 heterocycles. The number of unbranched alkanes of at least 4 members (excludes halogenated alkanes) is 30. The van der Waals surface area contributed by atoms with Crippen LogP contribution in [0.3, 0.4) is 0 Å². The van der Waals surface area contributed by atoms with E-state index in [4.69, 9.17) is 14.2 Å². The molecule has 0 saturated carbocycles. The molecule has 0 radical (unpaired) electrons. The molecule has 6 heteroatoms. The summed E-state index contributed by atoms with van der Waals surface area (Å²) in [5.74, 6) is -0.894. The molecule has 0 amide bonds. The van der Waals surface area contributed by atoms with Gasteiger partial charge in [-0.25, -0.2) is 0 Å². The van der Waals surface area contributed by atoms with Crippen molar-refractivity contribution in [2.24, 2.45) is 0 Å². The van der Waals surface area contributed by atoms with Gasteiger partial charge in [-0.2, -0.15) is 0 Å². The van der Waals surface area contributed by atoms with Gasteiger partial charge in [0.05, 0.1) is 0 Å². The van der Waals surface area contributed by atoms with Gasteiger partial charge < -0.3 is 14.2 Å². The van der Waals surface area contributed by atoms with Crippen molar-refractivity contribution in [3.05, 3.63) is 122 Å². The molecule has 1 atom stereocenters. The maximum absolute atomic E-state index is 12.8. The first-order chi connectivity index (χ1) is 40.0. The van der Waals surface area contributed by atoms with Crippen LogP contribution in [0.1, 0.15) is 316 Å². The third-order valence-electron chi connectivity index (χ3n) is 14.5. The number of hydrogen-bond donors (Lipinski definition) is 0. The minimum atomic E-state index is -0.779. The molecule has 0 fully saturated rings. The molecule has 81 heavy (non-hydrogen) atoms. The molecule has 0 spiro atoms. The van der Waals surface area contributed by atoms with Crippen LogP contribution in [0.4, 0.5) is 0 Å². The summed E-state index contributed by atoms with van der Waals surface area (Å²) in [6.07, 6.45) is 95.5. The fraction of sp³-hybridized carbons (Fsp3) is 0.693. The molecule has 1 unspecified atom stereocenters. The van der Waals surface area contributed by atoms with Crippen LogP contribution < -0.4 is 0 Å². The zero-order valence-electron chi connectivity index (χ0n) is 53.0. The zero-order valence-corrected chi connectivity index (χ0v) is 53.0. The molecular weight excluding hydrogens is 997 g/mol. The average Bonchev–Trinajstić information content (AvgIpc) is 3.47. The van der Waals surface area contributed by atoms with Crippen LogP contribution in [-0.2, 0) is 28.6 Å². The van der Waals surface area contributed by atoms with E-state index >= 15 is 0 Å². The molecule has 0 N–H and O–H groups in total. The van der Waals surface area contributed by atoms with Crippen molar-refractivity contribution in [2.75, 3.05) is 13.2 Å². The molecule has 0 aromatic rings. The number of allylic oxidation sites excluding steroid dienone is 20. The van der Waals surface area contributed by atoms with E-state index in [2.05, 4.69) is 142 Å². The highest BCUT2D eigenvalue weighted by Crippen LogP contribution is 2.16. The molecule has 0 aliphatic rings. The number of carbonyl (C=O) groups excluding carboxylic acids is 3. The van der Waals surface area contributed by atoms with E-state index in [-0.39, 0.29) is 31.1 Å². The first-order valence-electron chi connectivity index (χ1n) is 34.0. The summed E-state index contributed by atoms with van der Waals surface area (Å²) in [5, 5.41) is 0. The normalized spacial score (nSPS) is 12.9. The summed E-state index contributed by atoms with van der Waals surface area (Å²) in [7, 11) is 0. The molecule has 0 aromatic carbocycles. The molecule has 462 valence electrons. The lowest BCUT2D eigenvalue weighted by Crippen LogP contribution is -2.30. The second-order valence-corrected chi connectivity index (χ2v) is 22.4. The van der Waals surface area contributed by atoms with E-state index < -0.39 is 6.10 Å². The van der Waals surface area contributed by atoms with E-state index in [0.717, 1.165) is 122 Å². The lowest BCUT2D eigenvalue weighted by Gasteiger charge is -2.18. The van der Waals surface area contributed by atoms with Crippen LogP contribution >= 0.6 is 0 Å². The van der Waals surface area contributed by atoms with Crippen LogP contribution in [0.15, 0.2) is 122 Å². The topological polar surface area (TPSA) is 78.9 Å². The van der Waals surface area contributed by atoms with Gasteiger partial charge >= 0.3 is 17.9 Å². The standard InChI is InChI=1S/C75H126O6/c1-4-7-10-13-15-17-19-21-23-25-27-29-31-32-33-34-35-36-37-38-39-40-41-42-44-45-47-49-51-53-55-57-59-62-65-68-74(77)80-71-72(70-79-73(76)67-64-61-12-9-6-3)81-75(78)69-66-63-60-58-56-54-52-50-48-46-43-30-28-26-24-22-20-18-16-14-11-8-5-2/h7,10,15,17,20-23,26-29,32-33,35-36,38-39,41-42,72H,4-6,8-9,11-14,16,18-19,24-25,30-31,34,37,40,43-71H2,1-3H3/b10-7-,17-15-,22-20-,23-21-,28-26-,29-27-,33-32-,36-35-,39-38-,42-41-. The van der Waals surface area contributed by atoms with E-state index in [1.54, 1.807) is 0 Å². The molecule has 0 rings (SSSR count). The van der Waals surface area contributed by atoms with Crippen LogP contribution in [0.2, 0.25) is 0 Å². The minimum Gasteiger partial charge on any atom is -0.462 e. The van der Waals surface area contributed by atoms with Crippen molar-refractivity contribution in [3.63, 3.8) is 0 Å². The smallest absolute Gasteiger partial charge is 0.306 e. The van der Waals surface area contributed by atoms with Gasteiger partial charge in [0.1, 0.15) is 13.2 Å². The summed E-state index contributed by atoms with van der Waals surface area (Å²) in [6.45, 7) is 6.45. The lowest BCUT2D eigenvalue weighted by atomic mass is 10.0. The third-order valence-corrected chi connectivity index (χ3v) is 14.5. The Morgan fingerprint density at radius 2 is 0.481 bits per heavy atom.